The van der Waals surface area contributed by atoms with Crippen molar-refractivity contribution in [2.24, 2.45) is 7.05 Å². The Morgan fingerprint density at radius 3 is 2.93 bits per heavy atom. The van der Waals surface area contributed by atoms with Gasteiger partial charge in [0.1, 0.15) is 5.82 Å². The second-order valence-corrected chi connectivity index (χ2v) is 8.34. The summed E-state index contributed by atoms with van der Waals surface area (Å²) in [6.45, 7) is 2.25. The molecule has 1 unspecified atom stereocenters. The van der Waals surface area contributed by atoms with E-state index >= 15 is 0 Å². The molecule has 0 spiro atoms. The Bertz CT molecular complexity index is 834. The van der Waals surface area contributed by atoms with Gasteiger partial charge in [-0.2, -0.15) is 0 Å². The lowest BCUT2D eigenvalue weighted by molar-refractivity contribution is -0.117. The zero-order valence-corrected chi connectivity index (χ0v) is 16.9. The van der Waals surface area contributed by atoms with Crippen LogP contribution >= 0.6 is 11.8 Å². The van der Waals surface area contributed by atoms with Gasteiger partial charge in [-0.15, -0.1) is 10.2 Å². The largest absolute Gasteiger partial charge is 0.325 e. The lowest BCUT2D eigenvalue weighted by atomic mass is 9.97. The van der Waals surface area contributed by atoms with Gasteiger partial charge in [0.2, 0.25) is 5.91 Å². The number of aryl methyl sites for hydroxylation is 2. The molecule has 4 rings (SSSR count). The number of nitrogens with one attached hydrogen (secondary N) is 1. The lowest BCUT2D eigenvalue weighted by Gasteiger charge is -2.31. The molecular weight excluding hydrogens is 358 g/mol. The number of carbonyl (C=O) groups is 1. The van der Waals surface area contributed by atoms with E-state index in [4.69, 9.17) is 0 Å². The van der Waals surface area contributed by atoms with Crippen LogP contribution in [0.1, 0.15) is 42.1 Å². The van der Waals surface area contributed by atoms with Crippen LogP contribution in [0.3, 0.4) is 0 Å². The van der Waals surface area contributed by atoms with Crippen molar-refractivity contribution in [3.05, 3.63) is 35.2 Å². The van der Waals surface area contributed by atoms with Crippen molar-refractivity contribution in [3.63, 3.8) is 0 Å². The summed E-state index contributed by atoms with van der Waals surface area (Å²) in [6.07, 6.45) is 7.72. The molecule has 1 amide bonds. The first-order chi connectivity index (χ1) is 13.1. The van der Waals surface area contributed by atoms with Gasteiger partial charge in [0.15, 0.2) is 5.16 Å². The number of amides is 1. The molecule has 1 aromatic heterocycles. The van der Waals surface area contributed by atoms with Crippen molar-refractivity contribution in [2.45, 2.75) is 43.2 Å². The van der Waals surface area contributed by atoms with E-state index in [0.29, 0.717) is 12.5 Å². The summed E-state index contributed by atoms with van der Waals surface area (Å²) < 4.78 is 2.09. The summed E-state index contributed by atoms with van der Waals surface area (Å²) in [4.78, 5) is 14.8. The van der Waals surface area contributed by atoms with E-state index in [1.54, 1.807) is 11.8 Å². The molecular formula is C20H27N5OS. The minimum atomic E-state index is 0.0661. The molecule has 1 atom stereocenters. The van der Waals surface area contributed by atoms with Gasteiger partial charge in [-0.25, -0.2) is 0 Å². The van der Waals surface area contributed by atoms with Crippen LogP contribution in [-0.2, 0) is 24.7 Å². The predicted molar refractivity (Wildman–Crippen MR) is 108 cm³/mol. The highest BCUT2D eigenvalue weighted by Gasteiger charge is 2.27. The van der Waals surface area contributed by atoms with Gasteiger partial charge in [-0.05, 0) is 68.2 Å². The van der Waals surface area contributed by atoms with Crippen molar-refractivity contribution in [1.82, 2.24) is 19.7 Å². The number of likely N-dealkylation sites (tertiary alicyclic amines) is 1. The number of nitrogens with zero attached hydrogens (tertiary/aromatic N) is 4. The SMILES string of the molecule is CSc1nnc(C2CCCN(CC(=O)Nc3ccc4c(c3)CCC4)C2)n1C. The molecule has 2 aromatic rings. The number of hydrogen-bond acceptors (Lipinski definition) is 5. The molecule has 0 radical (unpaired) electrons. The summed E-state index contributed by atoms with van der Waals surface area (Å²) in [5.41, 5.74) is 3.74. The number of fused-ring (bicyclic) bond motifs is 1. The fraction of sp³-hybridized carbons (Fsp3) is 0.550. The third kappa shape index (κ3) is 4.04. The average Bonchev–Trinajstić information content (AvgIpc) is 3.27. The maximum absolute atomic E-state index is 12.6. The zero-order chi connectivity index (χ0) is 18.8. The second-order valence-electron chi connectivity index (χ2n) is 7.56. The quantitative estimate of drug-likeness (QED) is 0.802. The Hall–Kier alpha value is -1.86. The number of anilines is 1. The highest BCUT2D eigenvalue weighted by molar-refractivity contribution is 7.98. The molecule has 1 fully saturated rings. The van der Waals surface area contributed by atoms with Gasteiger partial charge in [0.05, 0.1) is 6.54 Å². The Balaban J connectivity index is 1.36. The topological polar surface area (TPSA) is 63.1 Å². The molecule has 0 saturated carbocycles. The normalized spacial score (nSPS) is 19.9. The number of carbonyl (C=O) groups excluding carboxylic acids is 1. The number of thioether (sulfide) groups is 1. The van der Waals surface area contributed by atoms with Crippen molar-refractivity contribution in [3.8, 4) is 0 Å². The van der Waals surface area contributed by atoms with Gasteiger partial charge in [-0.1, -0.05) is 17.8 Å². The fourth-order valence-corrected chi connectivity index (χ4v) is 4.81. The summed E-state index contributed by atoms with van der Waals surface area (Å²) in [7, 11) is 2.03. The predicted octanol–water partition coefficient (Wildman–Crippen LogP) is 2.84. The molecule has 27 heavy (non-hydrogen) atoms. The highest BCUT2D eigenvalue weighted by atomic mass is 32.2. The van der Waals surface area contributed by atoms with Crippen LogP contribution in [0.2, 0.25) is 0 Å². The summed E-state index contributed by atoms with van der Waals surface area (Å²) in [6, 6.07) is 6.33. The van der Waals surface area contributed by atoms with Gasteiger partial charge in [0.25, 0.3) is 0 Å². The van der Waals surface area contributed by atoms with E-state index in [1.165, 1.54) is 24.0 Å². The molecule has 6 nitrogen and oxygen atoms in total. The molecule has 7 heteroatoms. The molecule has 2 aliphatic rings. The first-order valence-electron chi connectivity index (χ1n) is 9.71. The van der Waals surface area contributed by atoms with Crippen molar-refractivity contribution in [1.29, 1.82) is 0 Å². The van der Waals surface area contributed by atoms with E-state index in [1.807, 2.05) is 19.4 Å². The highest BCUT2D eigenvalue weighted by Crippen LogP contribution is 2.28. The third-order valence-corrected chi connectivity index (χ3v) is 6.39. The van der Waals surface area contributed by atoms with Gasteiger partial charge < -0.3 is 9.88 Å². The summed E-state index contributed by atoms with van der Waals surface area (Å²) in [5.74, 6) is 1.43. The van der Waals surface area contributed by atoms with Crippen LogP contribution in [-0.4, -0.2) is 51.5 Å². The number of rotatable bonds is 5. The Labute approximate surface area is 164 Å². The van der Waals surface area contributed by atoms with Crippen LogP contribution in [0.25, 0.3) is 0 Å². The Kier molecular flexibility index (Phi) is 5.50. The van der Waals surface area contributed by atoms with Crippen LogP contribution in [0.4, 0.5) is 5.69 Å². The van der Waals surface area contributed by atoms with E-state index in [2.05, 4.69) is 37.1 Å². The maximum Gasteiger partial charge on any atom is 0.238 e. The third-order valence-electron chi connectivity index (χ3n) is 5.67. The first kappa shape index (κ1) is 18.5. The average molecular weight is 386 g/mol. The standard InChI is InChI=1S/C20H27N5OS/c1-24-19(22-23-20(24)27-2)16-7-4-10-25(12-16)13-18(26)21-17-9-8-14-5-3-6-15(14)11-17/h8-9,11,16H,3-7,10,12-13H2,1-2H3,(H,21,26). The van der Waals surface area contributed by atoms with Crippen molar-refractivity contribution in [2.75, 3.05) is 31.2 Å². The molecule has 0 bridgehead atoms. The minimum absolute atomic E-state index is 0.0661. The second kappa shape index (κ2) is 8.02. The number of aromatic nitrogens is 3. The number of piperidine rings is 1. The van der Waals surface area contributed by atoms with Crippen molar-refractivity contribution >= 4 is 23.4 Å². The molecule has 1 saturated heterocycles. The van der Waals surface area contributed by atoms with Crippen LogP contribution in [0.5, 0.6) is 0 Å². The monoisotopic (exact) mass is 385 g/mol. The van der Waals surface area contributed by atoms with E-state index in [-0.39, 0.29) is 5.91 Å². The van der Waals surface area contributed by atoms with Crippen LogP contribution in [0.15, 0.2) is 23.4 Å². The number of benzene rings is 1. The molecule has 2 heterocycles. The maximum atomic E-state index is 12.6. The van der Waals surface area contributed by atoms with Crippen LogP contribution in [0, 0.1) is 0 Å². The van der Waals surface area contributed by atoms with E-state index < -0.39 is 0 Å². The van der Waals surface area contributed by atoms with Crippen molar-refractivity contribution < 1.29 is 4.79 Å². The Morgan fingerprint density at radius 2 is 2.11 bits per heavy atom. The zero-order valence-electron chi connectivity index (χ0n) is 16.1. The smallest absolute Gasteiger partial charge is 0.238 e. The van der Waals surface area contributed by atoms with E-state index in [0.717, 1.165) is 49.0 Å². The fourth-order valence-electron chi connectivity index (χ4n) is 4.32. The molecule has 1 aliphatic carbocycles. The summed E-state index contributed by atoms with van der Waals surface area (Å²) >= 11 is 1.61. The van der Waals surface area contributed by atoms with Gasteiger partial charge >= 0.3 is 0 Å². The Morgan fingerprint density at radius 1 is 1.26 bits per heavy atom. The van der Waals surface area contributed by atoms with Crippen LogP contribution < -0.4 is 5.32 Å². The molecule has 1 N–H and O–H groups in total. The molecule has 1 aliphatic heterocycles. The first-order valence-corrected chi connectivity index (χ1v) is 10.9. The van der Waals surface area contributed by atoms with E-state index in [9.17, 15) is 4.79 Å². The number of hydrogen-bond donors (Lipinski definition) is 1. The van der Waals surface area contributed by atoms with Gasteiger partial charge in [-0.3, -0.25) is 9.69 Å². The van der Waals surface area contributed by atoms with Gasteiger partial charge in [0, 0.05) is 25.2 Å². The molecule has 144 valence electrons. The lowest BCUT2D eigenvalue weighted by Crippen LogP contribution is -2.40. The molecule has 1 aromatic carbocycles. The summed E-state index contributed by atoms with van der Waals surface area (Å²) in [5, 5.41) is 12.7. The minimum Gasteiger partial charge on any atom is -0.325 e.